The second-order valence-corrected chi connectivity index (χ2v) is 8.05. The SMILES string of the molecule is CC(=O)OC[C@H]1O[C@@H](Oc2cc(O)c3c(=O)cc(C)oc3c2C)[C@H](OC(C)=O)[C@@H](O)[C@@H]1OC(C)=O. The molecule has 5 atom stereocenters. The lowest BCUT2D eigenvalue weighted by atomic mass is 9.98. The number of aromatic hydroxyl groups is 1. The number of rotatable bonds is 6. The van der Waals surface area contributed by atoms with Crippen molar-refractivity contribution in [3.05, 3.63) is 33.7 Å². The summed E-state index contributed by atoms with van der Waals surface area (Å²) in [5.74, 6) is -2.32. The van der Waals surface area contributed by atoms with Crippen molar-refractivity contribution < 1.29 is 52.7 Å². The van der Waals surface area contributed by atoms with Gasteiger partial charge in [0.15, 0.2) is 17.6 Å². The van der Waals surface area contributed by atoms with Crippen molar-refractivity contribution in [1.82, 2.24) is 0 Å². The zero-order valence-corrected chi connectivity index (χ0v) is 19.7. The fourth-order valence-electron chi connectivity index (χ4n) is 3.76. The van der Waals surface area contributed by atoms with E-state index in [9.17, 15) is 29.4 Å². The van der Waals surface area contributed by atoms with Crippen LogP contribution in [0.2, 0.25) is 0 Å². The quantitative estimate of drug-likeness (QED) is 0.432. The molecular weight excluding hydrogens is 468 g/mol. The summed E-state index contributed by atoms with van der Waals surface area (Å²) in [4.78, 5) is 47.0. The third kappa shape index (κ3) is 5.72. The number of hydrogen-bond acceptors (Lipinski definition) is 12. The predicted octanol–water partition coefficient (Wildman–Crippen LogP) is 1.01. The highest BCUT2D eigenvalue weighted by Gasteiger charge is 2.50. The van der Waals surface area contributed by atoms with Crippen molar-refractivity contribution in [2.75, 3.05) is 6.61 Å². The topological polar surface area (TPSA) is 168 Å². The molecule has 190 valence electrons. The van der Waals surface area contributed by atoms with Crippen LogP contribution < -0.4 is 10.2 Å². The molecule has 2 heterocycles. The van der Waals surface area contributed by atoms with Crippen LogP contribution in [-0.2, 0) is 33.3 Å². The van der Waals surface area contributed by atoms with Gasteiger partial charge in [0, 0.05) is 38.5 Å². The van der Waals surface area contributed by atoms with E-state index in [-0.39, 0.29) is 16.7 Å². The van der Waals surface area contributed by atoms with Crippen LogP contribution in [0.5, 0.6) is 11.5 Å². The maximum Gasteiger partial charge on any atom is 0.303 e. The van der Waals surface area contributed by atoms with E-state index in [4.69, 9.17) is 28.1 Å². The normalized spacial score (nSPS) is 24.0. The Morgan fingerprint density at radius 1 is 1.00 bits per heavy atom. The number of hydrogen-bond donors (Lipinski definition) is 2. The van der Waals surface area contributed by atoms with E-state index in [2.05, 4.69) is 0 Å². The Hall–Kier alpha value is -3.64. The first kappa shape index (κ1) is 26.0. The van der Waals surface area contributed by atoms with Gasteiger partial charge in [0.05, 0.1) is 0 Å². The van der Waals surface area contributed by atoms with Gasteiger partial charge in [0.25, 0.3) is 0 Å². The van der Waals surface area contributed by atoms with Crippen molar-refractivity contribution >= 4 is 28.9 Å². The molecule has 1 saturated heterocycles. The molecule has 0 amide bonds. The van der Waals surface area contributed by atoms with Crippen LogP contribution >= 0.6 is 0 Å². The molecule has 12 nitrogen and oxygen atoms in total. The van der Waals surface area contributed by atoms with Crippen molar-refractivity contribution in [1.29, 1.82) is 0 Å². The maximum atomic E-state index is 12.3. The molecule has 0 radical (unpaired) electrons. The van der Waals surface area contributed by atoms with Crippen molar-refractivity contribution in [2.45, 2.75) is 65.3 Å². The van der Waals surface area contributed by atoms with E-state index in [1.54, 1.807) is 13.8 Å². The minimum atomic E-state index is -1.63. The minimum Gasteiger partial charge on any atom is -0.507 e. The molecule has 35 heavy (non-hydrogen) atoms. The average Bonchev–Trinajstić information content (AvgIpc) is 2.73. The summed E-state index contributed by atoms with van der Waals surface area (Å²) >= 11 is 0. The van der Waals surface area contributed by atoms with Gasteiger partial charge in [-0.15, -0.1) is 0 Å². The molecule has 1 aliphatic heterocycles. The zero-order valence-electron chi connectivity index (χ0n) is 19.7. The standard InChI is InChI=1S/C23H26O12/c1-9-6-14(27)18-15(28)7-16(10(2)20(18)31-9)34-23-22(33-13(5)26)19(29)21(32-12(4)25)17(35-23)8-30-11(3)24/h6-7,17,19,21-23,28-29H,8H2,1-5H3/t17-,19+,21-,22-,23-/m1/s1. The molecule has 12 heteroatoms. The Labute approximate surface area is 199 Å². The Morgan fingerprint density at radius 2 is 1.63 bits per heavy atom. The second-order valence-electron chi connectivity index (χ2n) is 8.05. The highest BCUT2D eigenvalue weighted by atomic mass is 16.7. The molecule has 2 aromatic rings. The van der Waals surface area contributed by atoms with E-state index in [1.165, 1.54) is 6.07 Å². The Kier molecular flexibility index (Phi) is 7.66. The van der Waals surface area contributed by atoms with E-state index in [0.29, 0.717) is 11.3 Å². The number of fused-ring (bicyclic) bond motifs is 1. The molecule has 0 aliphatic carbocycles. The number of aliphatic hydroxyl groups excluding tert-OH is 1. The number of esters is 3. The third-order valence-electron chi connectivity index (χ3n) is 5.22. The highest BCUT2D eigenvalue weighted by Crippen LogP contribution is 2.36. The summed E-state index contributed by atoms with van der Waals surface area (Å²) in [6, 6.07) is 2.39. The Bertz CT molecular complexity index is 1200. The van der Waals surface area contributed by atoms with Gasteiger partial charge >= 0.3 is 17.9 Å². The zero-order chi connectivity index (χ0) is 26.0. The van der Waals surface area contributed by atoms with Crippen molar-refractivity contribution in [2.24, 2.45) is 0 Å². The Balaban J connectivity index is 2.03. The Morgan fingerprint density at radius 3 is 2.23 bits per heavy atom. The summed E-state index contributed by atoms with van der Waals surface area (Å²) in [7, 11) is 0. The summed E-state index contributed by atoms with van der Waals surface area (Å²) in [6.07, 6.45) is -7.15. The number of benzene rings is 1. The smallest absolute Gasteiger partial charge is 0.303 e. The number of ether oxygens (including phenoxy) is 5. The molecule has 0 saturated carbocycles. The molecule has 2 N–H and O–H groups in total. The molecule has 1 fully saturated rings. The van der Waals surface area contributed by atoms with E-state index in [0.717, 1.165) is 26.8 Å². The molecule has 1 aromatic carbocycles. The maximum absolute atomic E-state index is 12.3. The van der Waals surface area contributed by atoms with Crippen LogP contribution in [0.3, 0.4) is 0 Å². The molecule has 0 bridgehead atoms. The van der Waals surface area contributed by atoms with Crippen LogP contribution in [0.4, 0.5) is 0 Å². The van der Waals surface area contributed by atoms with Crippen LogP contribution in [0.1, 0.15) is 32.1 Å². The van der Waals surface area contributed by atoms with Gasteiger partial charge in [-0.1, -0.05) is 0 Å². The lowest BCUT2D eigenvalue weighted by molar-refractivity contribution is -0.285. The van der Waals surface area contributed by atoms with E-state index in [1.807, 2.05) is 0 Å². The van der Waals surface area contributed by atoms with Gasteiger partial charge in [0.2, 0.25) is 6.29 Å². The molecule has 1 aliphatic rings. The van der Waals surface area contributed by atoms with Gasteiger partial charge in [-0.05, 0) is 13.8 Å². The van der Waals surface area contributed by atoms with Crippen LogP contribution in [-0.4, -0.2) is 65.4 Å². The summed E-state index contributed by atoms with van der Waals surface area (Å²) in [5.41, 5.74) is -0.0692. The fraction of sp³-hybridized carbons (Fsp3) is 0.478. The number of phenolic OH excluding ortho intramolecular Hbond substituents is 1. The third-order valence-corrected chi connectivity index (χ3v) is 5.22. The van der Waals surface area contributed by atoms with Crippen LogP contribution in [0.25, 0.3) is 11.0 Å². The number of phenols is 1. The number of carbonyl (C=O) groups is 3. The first-order valence-corrected chi connectivity index (χ1v) is 10.6. The highest BCUT2D eigenvalue weighted by molar-refractivity contribution is 5.87. The lowest BCUT2D eigenvalue weighted by Gasteiger charge is -2.42. The first-order valence-electron chi connectivity index (χ1n) is 10.6. The second kappa shape index (κ2) is 10.3. The lowest BCUT2D eigenvalue weighted by Crippen LogP contribution is -2.62. The molecule has 3 rings (SSSR count). The number of aliphatic hydroxyl groups is 1. The first-order chi connectivity index (χ1) is 16.4. The molecular formula is C23H26O12. The number of carbonyl (C=O) groups excluding carboxylic acids is 3. The van der Waals surface area contributed by atoms with Crippen molar-refractivity contribution in [3.8, 4) is 11.5 Å². The fourth-order valence-corrected chi connectivity index (χ4v) is 3.76. The average molecular weight is 494 g/mol. The van der Waals surface area contributed by atoms with E-state index >= 15 is 0 Å². The van der Waals surface area contributed by atoms with Gasteiger partial charge < -0.3 is 38.3 Å². The largest absolute Gasteiger partial charge is 0.507 e. The number of aryl methyl sites for hydroxylation is 2. The van der Waals surface area contributed by atoms with Gasteiger partial charge in [-0.3, -0.25) is 19.2 Å². The van der Waals surface area contributed by atoms with E-state index < -0.39 is 66.4 Å². The molecule has 1 aromatic heterocycles. The summed E-state index contributed by atoms with van der Waals surface area (Å²) < 4.78 is 32.6. The summed E-state index contributed by atoms with van der Waals surface area (Å²) in [5, 5.41) is 21.3. The monoisotopic (exact) mass is 494 g/mol. The van der Waals surface area contributed by atoms with Crippen LogP contribution in [0.15, 0.2) is 21.3 Å². The predicted molar refractivity (Wildman–Crippen MR) is 117 cm³/mol. The molecule has 0 spiro atoms. The van der Waals surface area contributed by atoms with Crippen molar-refractivity contribution in [3.63, 3.8) is 0 Å². The summed E-state index contributed by atoms with van der Waals surface area (Å²) in [6.45, 7) is 6.09. The van der Waals surface area contributed by atoms with Crippen LogP contribution in [0, 0.1) is 13.8 Å². The van der Waals surface area contributed by atoms with Gasteiger partial charge in [0.1, 0.15) is 47.0 Å². The van der Waals surface area contributed by atoms with Gasteiger partial charge in [-0.2, -0.15) is 0 Å². The van der Waals surface area contributed by atoms with Gasteiger partial charge in [-0.25, -0.2) is 0 Å². The minimum absolute atomic E-state index is 0.00438. The molecule has 0 unspecified atom stereocenters.